The van der Waals surface area contributed by atoms with Gasteiger partial charge < -0.3 is 15.9 Å². The number of hydrogen-bond acceptors (Lipinski definition) is 4. The van der Waals surface area contributed by atoms with E-state index in [4.69, 9.17) is 5.73 Å². The van der Waals surface area contributed by atoms with Crippen LogP contribution in [0.25, 0.3) is 0 Å². The lowest BCUT2D eigenvalue weighted by atomic mass is 9.97. The molecule has 0 spiro atoms. The summed E-state index contributed by atoms with van der Waals surface area (Å²) in [5, 5.41) is 19.1. The van der Waals surface area contributed by atoms with Gasteiger partial charge >= 0.3 is 0 Å². The summed E-state index contributed by atoms with van der Waals surface area (Å²) in [7, 11) is 0. The highest BCUT2D eigenvalue weighted by atomic mass is 16.3. The second-order valence-electron chi connectivity index (χ2n) is 4.04. The molecular weight excluding hydrogens is 204 g/mol. The number of aromatic nitrogens is 1. The molecule has 16 heavy (non-hydrogen) atoms. The van der Waals surface area contributed by atoms with Crippen LogP contribution in [0.3, 0.4) is 0 Å². The highest BCUT2D eigenvalue weighted by molar-refractivity contribution is 5.42. The van der Waals surface area contributed by atoms with E-state index in [0.717, 1.165) is 19.3 Å². The van der Waals surface area contributed by atoms with Crippen molar-refractivity contribution in [2.75, 3.05) is 0 Å². The summed E-state index contributed by atoms with van der Waals surface area (Å²) in [6.45, 7) is 3.68. The molecule has 0 unspecified atom stereocenters. The van der Waals surface area contributed by atoms with Gasteiger partial charge in [0.2, 0.25) is 0 Å². The molecule has 0 bridgehead atoms. The standard InChI is InChI=1S/C12H20N2O2/c1-3-4-5-10(13)11-9(7-15)6-14-8(2)12(11)16/h6,10,15-16H,3-5,7,13H2,1-2H3/t10-/m1/s1. The quantitative estimate of drug-likeness (QED) is 0.712. The molecule has 0 aliphatic rings. The van der Waals surface area contributed by atoms with Gasteiger partial charge in [-0.2, -0.15) is 0 Å². The first kappa shape index (κ1) is 12.9. The molecule has 0 aliphatic carbocycles. The number of pyridine rings is 1. The molecule has 1 heterocycles. The van der Waals surface area contributed by atoms with Crippen molar-refractivity contribution < 1.29 is 10.2 Å². The first-order valence-electron chi connectivity index (χ1n) is 5.65. The Morgan fingerprint density at radius 1 is 1.50 bits per heavy atom. The van der Waals surface area contributed by atoms with E-state index in [1.807, 2.05) is 0 Å². The van der Waals surface area contributed by atoms with E-state index in [1.165, 1.54) is 0 Å². The van der Waals surface area contributed by atoms with E-state index in [2.05, 4.69) is 11.9 Å². The lowest BCUT2D eigenvalue weighted by molar-refractivity contribution is 0.277. The molecule has 0 radical (unpaired) electrons. The molecule has 1 aromatic heterocycles. The Bertz CT molecular complexity index is 353. The average Bonchev–Trinajstić information content (AvgIpc) is 2.29. The molecule has 1 atom stereocenters. The van der Waals surface area contributed by atoms with Gasteiger partial charge in [0.05, 0.1) is 12.3 Å². The topological polar surface area (TPSA) is 79.4 Å². The summed E-state index contributed by atoms with van der Waals surface area (Å²) in [6.07, 6.45) is 4.45. The van der Waals surface area contributed by atoms with Crippen molar-refractivity contribution >= 4 is 0 Å². The molecule has 0 saturated heterocycles. The maximum Gasteiger partial charge on any atom is 0.141 e. The predicted octanol–water partition coefficient (Wildman–Crippen LogP) is 1.78. The van der Waals surface area contributed by atoms with Crippen molar-refractivity contribution in [3.05, 3.63) is 23.0 Å². The zero-order chi connectivity index (χ0) is 12.1. The van der Waals surface area contributed by atoms with Crippen LogP contribution in [0.5, 0.6) is 5.75 Å². The minimum Gasteiger partial charge on any atom is -0.506 e. The number of hydrogen-bond donors (Lipinski definition) is 3. The highest BCUT2D eigenvalue weighted by Gasteiger charge is 2.17. The van der Waals surface area contributed by atoms with Crippen molar-refractivity contribution in [1.29, 1.82) is 0 Å². The van der Waals surface area contributed by atoms with Crippen LogP contribution in [0, 0.1) is 6.92 Å². The van der Waals surface area contributed by atoms with E-state index in [9.17, 15) is 10.2 Å². The van der Waals surface area contributed by atoms with Crippen LogP contribution < -0.4 is 5.73 Å². The third-order valence-corrected chi connectivity index (χ3v) is 2.77. The average molecular weight is 224 g/mol. The fourth-order valence-electron chi connectivity index (χ4n) is 1.76. The third-order valence-electron chi connectivity index (χ3n) is 2.77. The fraction of sp³-hybridized carbons (Fsp3) is 0.583. The Labute approximate surface area is 96.1 Å². The Morgan fingerprint density at radius 2 is 2.19 bits per heavy atom. The first-order valence-corrected chi connectivity index (χ1v) is 5.65. The maximum atomic E-state index is 9.93. The van der Waals surface area contributed by atoms with Crippen molar-refractivity contribution in [1.82, 2.24) is 4.98 Å². The van der Waals surface area contributed by atoms with Crippen LogP contribution in [0.1, 0.15) is 49.0 Å². The second-order valence-corrected chi connectivity index (χ2v) is 4.04. The van der Waals surface area contributed by atoms with E-state index in [-0.39, 0.29) is 18.4 Å². The normalized spacial score (nSPS) is 12.8. The number of aliphatic hydroxyl groups excluding tert-OH is 1. The van der Waals surface area contributed by atoms with Crippen molar-refractivity contribution in [2.24, 2.45) is 5.73 Å². The van der Waals surface area contributed by atoms with Crippen molar-refractivity contribution in [2.45, 2.75) is 45.8 Å². The van der Waals surface area contributed by atoms with Crippen LogP contribution in [0.15, 0.2) is 6.20 Å². The predicted molar refractivity (Wildman–Crippen MR) is 63.0 cm³/mol. The lowest BCUT2D eigenvalue weighted by Gasteiger charge is -2.17. The van der Waals surface area contributed by atoms with Gasteiger partial charge in [0.25, 0.3) is 0 Å². The summed E-state index contributed by atoms with van der Waals surface area (Å²) in [4.78, 5) is 4.01. The molecule has 0 fully saturated rings. The van der Waals surface area contributed by atoms with Gasteiger partial charge in [0, 0.05) is 23.4 Å². The minimum absolute atomic E-state index is 0.121. The van der Waals surface area contributed by atoms with Crippen LogP contribution >= 0.6 is 0 Å². The van der Waals surface area contributed by atoms with Gasteiger partial charge in [-0.05, 0) is 13.3 Å². The third kappa shape index (κ3) is 2.71. The molecule has 1 aromatic rings. The summed E-state index contributed by atoms with van der Waals surface area (Å²) in [5.41, 5.74) is 7.84. The van der Waals surface area contributed by atoms with Crippen LogP contribution in [0.4, 0.5) is 0 Å². The number of unbranched alkanes of at least 4 members (excludes halogenated alkanes) is 1. The van der Waals surface area contributed by atoms with Crippen LogP contribution in [-0.2, 0) is 6.61 Å². The fourth-order valence-corrected chi connectivity index (χ4v) is 1.76. The van der Waals surface area contributed by atoms with E-state index in [1.54, 1.807) is 13.1 Å². The Kier molecular flexibility index (Phi) is 4.71. The zero-order valence-corrected chi connectivity index (χ0v) is 9.90. The van der Waals surface area contributed by atoms with Crippen LogP contribution in [-0.4, -0.2) is 15.2 Å². The summed E-state index contributed by atoms with van der Waals surface area (Å²) in [5.74, 6) is 0.121. The molecule has 0 amide bonds. The second kappa shape index (κ2) is 5.82. The smallest absolute Gasteiger partial charge is 0.141 e. The number of rotatable bonds is 5. The van der Waals surface area contributed by atoms with E-state index in [0.29, 0.717) is 16.8 Å². The van der Waals surface area contributed by atoms with E-state index >= 15 is 0 Å². The number of aliphatic hydroxyl groups is 1. The molecule has 90 valence electrons. The Morgan fingerprint density at radius 3 is 2.75 bits per heavy atom. The Balaban J connectivity index is 3.03. The lowest BCUT2D eigenvalue weighted by Crippen LogP contribution is -2.14. The molecule has 0 aliphatic heterocycles. The van der Waals surface area contributed by atoms with Gasteiger partial charge in [-0.1, -0.05) is 19.8 Å². The number of aryl methyl sites for hydroxylation is 1. The van der Waals surface area contributed by atoms with Crippen molar-refractivity contribution in [3.8, 4) is 5.75 Å². The molecule has 1 rings (SSSR count). The summed E-state index contributed by atoms with van der Waals surface area (Å²) >= 11 is 0. The van der Waals surface area contributed by atoms with Gasteiger partial charge in [-0.15, -0.1) is 0 Å². The zero-order valence-electron chi connectivity index (χ0n) is 9.90. The number of nitrogens with two attached hydrogens (primary N) is 1. The van der Waals surface area contributed by atoms with Crippen LogP contribution in [0.2, 0.25) is 0 Å². The van der Waals surface area contributed by atoms with Gasteiger partial charge in [0.1, 0.15) is 5.75 Å². The first-order chi connectivity index (χ1) is 7.61. The molecule has 4 heteroatoms. The highest BCUT2D eigenvalue weighted by Crippen LogP contribution is 2.31. The largest absolute Gasteiger partial charge is 0.506 e. The summed E-state index contributed by atoms with van der Waals surface area (Å²) < 4.78 is 0. The van der Waals surface area contributed by atoms with E-state index < -0.39 is 0 Å². The SMILES string of the molecule is CCCC[C@@H](N)c1c(CO)cnc(C)c1O. The van der Waals surface area contributed by atoms with Gasteiger partial charge in [0.15, 0.2) is 0 Å². The summed E-state index contributed by atoms with van der Waals surface area (Å²) in [6, 6.07) is -0.233. The monoisotopic (exact) mass is 224 g/mol. The van der Waals surface area contributed by atoms with Gasteiger partial charge in [-0.25, -0.2) is 0 Å². The Hall–Kier alpha value is -1.13. The molecule has 4 nitrogen and oxygen atoms in total. The number of aromatic hydroxyl groups is 1. The molecule has 0 aromatic carbocycles. The van der Waals surface area contributed by atoms with Gasteiger partial charge in [-0.3, -0.25) is 4.98 Å². The molecule has 4 N–H and O–H groups in total. The molecular formula is C12H20N2O2. The maximum absolute atomic E-state index is 9.93. The molecule has 0 saturated carbocycles. The minimum atomic E-state index is -0.233. The number of nitrogens with zero attached hydrogens (tertiary/aromatic N) is 1. The van der Waals surface area contributed by atoms with Crippen molar-refractivity contribution in [3.63, 3.8) is 0 Å².